The summed E-state index contributed by atoms with van der Waals surface area (Å²) in [6.07, 6.45) is 0.764. The molecule has 21 heavy (non-hydrogen) atoms. The van der Waals surface area contributed by atoms with Crippen molar-refractivity contribution in [3.05, 3.63) is 55.8 Å². The molecule has 0 saturated heterocycles. The molecule has 0 bridgehead atoms. The molecule has 1 aromatic heterocycles. The van der Waals surface area contributed by atoms with Crippen LogP contribution in [0.5, 0.6) is 0 Å². The van der Waals surface area contributed by atoms with Crippen LogP contribution < -0.4 is 16.0 Å². The van der Waals surface area contributed by atoms with E-state index in [2.05, 4.69) is 9.71 Å². The Morgan fingerprint density at radius 2 is 2.00 bits per heavy atom. The molecule has 10 heteroatoms. The molecule has 0 aliphatic rings. The molecule has 0 radical (unpaired) electrons. The summed E-state index contributed by atoms with van der Waals surface area (Å²) in [5, 5.41) is 9.13. The highest BCUT2D eigenvalue weighted by Crippen LogP contribution is 2.22. The first-order chi connectivity index (χ1) is 9.83. The van der Waals surface area contributed by atoms with Gasteiger partial charge >= 0.3 is 5.69 Å². The Bertz CT molecular complexity index is 955. The number of aromatic amines is 2. The monoisotopic (exact) mass is 326 g/mol. The van der Waals surface area contributed by atoms with Gasteiger partial charge < -0.3 is 4.98 Å². The maximum Gasteiger partial charge on any atom is 0.325 e. The fourth-order valence-corrected chi connectivity index (χ4v) is 2.74. The number of hydrogen-bond acceptors (Lipinski definition) is 5. The summed E-state index contributed by atoms with van der Waals surface area (Å²) in [5.74, 6) is 0. The number of H-pyrrole nitrogens is 2. The minimum absolute atomic E-state index is 0.0313. The highest BCUT2D eigenvalue weighted by atomic mass is 35.5. The number of aromatic nitrogens is 2. The topological polar surface area (TPSA) is 136 Å². The highest BCUT2D eigenvalue weighted by molar-refractivity contribution is 7.92. The van der Waals surface area contributed by atoms with Crippen molar-refractivity contribution in [3.8, 4) is 6.07 Å². The van der Waals surface area contributed by atoms with Gasteiger partial charge in [-0.3, -0.25) is 14.5 Å². The average Bonchev–Trinajstić information content (AvgIpc) is 2.37. The molecule has 0 aliphatic heterocycles. The Balaban J connectivity index is 2.52. The lowest BCUT2D eigenvalue weighted by Gasteiger charge is -2.08. The summed E-state index contributed by atoms with van der Waals surface area (Å²) in [6.45, 7) is 0. The lowest BCUT2D eigenvalue weighted by Crippen LogP contribution is -2.29. The number of sulfonamides is 1. The van der Waals surface area contributed by atoms with Crippen LogP contribution in [0.2, 0.25) is 5.02 Å². The van der Waals surface area contributed by atoms with Gasteiger partial charge in [-0.05, 0) is 18.2 Å². The van der Waals surface area contributed by atoms with E-state index < -0.39 is 26.2 Å². The molecule has 0 atom stereocenters. The molecule has 0 fully saturated rings. The number of benzene rings is 1. The fraction of sp³-hybridized carbons (Fsp3) is 0. The third kappa shape index (κ3) is 3.13. The molecule has 3 N–H and O–H groups in total. The van der Waals surface area contributed by atoms with Gasteiger partial charge in [0.15, 0.2) is 4.90 Å². The van der Waals surface area contributed by atoms with Gasteiger partial charge in [-0.1, -0.05) is 11.6 Å². The molecule has 1 heterocycles. The van der Waals surface area contributed by atoms with Crippen LogP contribution in [0.25, 0.3) is 0 Å². The lowest BCUT2D eigenvalue weighted by atomic mass is 10.2. The van der Waals surface area contributed by atoms with E-state index in [1.165, 1.54) is 18.2 Å². The minimum atomic E-state index is -4.28. The molecule has 0 unspecified atom stereocenters. The van der Waals surface area contributed by atoms with Gasteiger partial charge in [0.2, 0.25) is 0 Å². The van der Waals surface area contributed by atoms with E-state index in [1.807, 2.05) is 0 Å². The van der Waals surface area contributed by atoms with Crippen molar-refractivity contribution in [2.24, 2.45) is 0 Å². The van der Waals surface area contributed by atoms with E-state index in [0.717, 1.165) is 6.20 Å². The highest BCUT2D eigenvalue weighted by Gasteiger charge is 2.20. The average molecular weight is 327 g/mol. The van der Waals surface area contributed by atoms with Crippen molar-refractivity contribution < 1.29 is 8.42 Å². The summed E-state index contributed by atoms with van der Waals surface area (Å²) < 4.78 is 26.3. The summed E-state index contributed by atoms with van der Waals surface area (Å²) in [5.41, 5.74) is -1.95. The van der Waals surface area contributed by atoms with Crippen molar-refractivity contribution in [1.29, 1.82) is 5.26 Å². The maximum absolute atomic E-state index is 12.1. The summed E-state index contributed by atoms with van der Waals surface area (Å²) in [4.78, 5) is 25.6. The summed E-state index contributed by atoms with van der Waals surface area (Å²) in [6, 6.07) is 5.78. The van der Waals surface area contributed by atoms with Crippen molar-refractivity contribution >= 4 is 27.3 Å². The van der Waals surface area contributed by atoms with Gasteiger partial charge in [0.05, 0.1) is 11.3 Å². The van der Waals surface area contributed by atoms with Crippen LogP contribution in [-0.2, 0) is 10.0 Å². The van der Waals surface area contributed by atoms with Crippen molar-refractivity contribution in [2.45, 2.75) is 4.90 Å². The van der Waals surface area contributed by atoms with Crippen molar-refractivity contribution in [2.75, 3.05) is 4.72 Å². The third-order valence-electron chi connectivity index (χ3n) is 2.42. The van der Waals surface area contributed by atoms with Crippen molar-refractivity contribution in [3.63, 3.8) is 0 Å². The molecule has 108 valence electrons. The van der Waals surface area contributed by atoms with Crippen LogP contribution in [0.3, 0.4) is 0 Å². The Morgan fingerprint density at radius 1 is 1.29 bits per heavy atom. The first-order valence-electron chi connectivity index (χ1n) is 5.38. The number of rotatable bonds is 3. The number of nitrogens with zero attached hydrogens (tertiary/aromatic N) is 1. The van der Waals surface area contributed by atoms with Gasteiger partial charge in [-0.25, -0.2) is 13.2 Å². The molecule has 0 amide bonds. The fourth-order valence-electron chi connectivity index (χ4n) is 1.50. The van der Waals surface area contributed by atoms with Crippen LogP contribution in [0, 0.1) is 11.3 Å². The minimum Gasteiger partial charge on any atom is -0.313 e. The second-order valence-corrected chi connectivity index (χ2v) is 5.93. The molecule has 2 aromatic rings. The second kappa shape index (κ2) is 5.43. The first-order valence-corrected chi connectivity index (χ1v) is 7.24. The quantitative estimate of drug-likeness (QED) is 0.749. The molecule has 2 rings (SSSR count). The number of nitriles is 1. The smallest absolute Gasteiger partial charge is 0.313 e. The molecular formula is C11H7ClN4O4S. The van der Waals surface area contributed by atoms with Crippen LogP contribution in [0.1, 0.15) is 5.56 Å². The van der Waals surface area contributed by atoms with E-state index in [4.69, 9.17) is 16.9 Å². The number of nitrogens with one attached hydrogen (secondary N) is 3. The Kier molecular flexibility index (Phi) is 3.84. The standard InChI is InChI=1S/C11H7ClN4O4S/c12-7-2-1-6(4-13)8(3-7)16-21(19,20)9-5-14-11(18)15-10(9)17/h1-3,5,16H,(H2,14,15,17,18). The van der Waals surface area contributed by atoms with Gasteiger partial charge in [0, 0.05) is 11.2 Å². The van der Waals surface area contributed by atoms with E-state index in [1.54, 1.807) is 11.1 Å². The van der Waals surface area contributed by atoms with Crippen molar-refractivity contribution in [1.82, 2.24) is 9.97 Å². The van der Waals surface area contributed by atoms with Crippen LogP contribution in [0.4, 0.5) is 5.69 Å². The normalized spacial score (nSPS) is 10.9. The van der Waals surface area contributed by atoms with E-state index in [9.17, 15) is 18.0 Å². The van der Waals surface area contributed by atoms with Gasteiger partial charge in [-0.2, -0.15) is 5.26 Å². The lowest BCUT2D eigenvalue weighted by molar-refractivity contribution is 0.599. The van der Waals surface area contributed by atoms with E-state index in [-0.39, 0.29) is 16.3 Å². The molecule has 0 aliphatic carbocycles. The van der Waals surface area contributed by atoms with Gasteiger partial charge in [0.1, 0.15) is 6.07 Å². The zero-order valence-electron chi connectivity index (χ0n) is 10.2. The largest absolute Gasteiger partial charge is 0.325 e. The summed E-state index contributed by atoms with van der Waals surface area (Å²) in [7, 11) is -4.28. The first kappa shape index (κ1) is 14.8. The van der Waals surface area contributed by atoms with E-state index in [0.29, 0.717) is 0 Å². The molecular weight excluding hydrogens is 320 g/mol. The van der Waals surface area contributed by atoms with Crippen LogP contribution >= 0.6 is 11.6 Å². The van der Waals surface area contributed by atoms with Crippen LogP contribution in [-0.4, -0.2) is 18.4 Å². The van der Waals surface area contributed by atoms with Crippen LogP contribution in [0.15, 0.2) is 38.9 Å². The second-order valence-electron chi connectivity index (χ2n) is 3.84. The molecule has 1 aromatic carbocycles. The maximum atomic E-state index is 12.1. The molecule has 0 saturated carbocycles. The van der Waals surface area contributed by atoms with Gasteiger partial charge in [0.25, 0.3) is 15.6 Å². The Labute approximate surface area is 123 Å². The third-order valence-corrected chi connectivity index (χ3v) is 4.03. The Hall–Kier alpha value is -2.57. The zero-order valence-corrected chi connectivity index (χ0v) is 11.7. The van der Waals surface area contributed by atoms with Gasteiger partial charge in [-0.15, -0.1) is 0 Å². The molecule has 8 nitrogen and oxygen atoms in total. The number of hydrogen-bond donors (Lipinski definition) is 3. The molecule has 0 spiro atoms. The summed E-state index contributed by atoms with van der Waals surface area (Å²) >= 11 is 5.74. The Morgan fingerprint density at radius 3 is 2.62 bits per heavy atom. The SMILES string of the molecule is N#Cc1ccc(Cl)cc1NS(=O)(=O)c1c[nH]c(=O)[nH]c1=O. The predicted octanol–water partition coefficient (Wildman–Crippen LogP) is 0.389. The van der Waals surface area contributed by atoms with E-state index >= 15 is 0 Å². The number of anilines is 1. The zero-order chi connectivity index (χ0) is 15.6. The predicted molar refractivity (Wildman–Crippen MR) is 74.7 cm³/mol. The number of halogens is 1.